The van der Waals surface area contributed by atoms with Crippen molar-refractivity contribution in [1.29, 1.82) is 0 Å². The average Bonchev–Trinajstić information content (AvgIpc) is 2.80. The summed E-state index contributed by atoms with van der Waals surface area (Å²) in [6.07, 6.45) is 7.85. The van der Waals surface area contributed by atoms with Gasteiger partial charge in [0.25, 0.3) is 0 Å². The summed E-state index contributed by atoms with van der Waals surface area (Å²) in [4.78, 5) is 46.7. The fourth-order valence-electron chi connectivity index (χ4n) is 3.17. The van der Waals surface area contributed by atoms with Crippen LogP contribution in [0.15, 0.2) is 48.2 Å². The average molecular weight is 457 g/mol. The zero-order chi connectivity index (χ0) is 24.1. The smallest absolute Gasteiger partial charge is 0.337 e. The van der Waals surface area contributed by atoms with Crippen molar-refractivity contribution < 1.29 is 23.9 Å². The Bertz CT molecular complexity index is 893. The van der Waals surface area contributed by atoms with Crippen molar-refractivity contribution in [3.8, 4) is 0 Å². The lowest BCUT2D eigenvalue weighted by Gasteiger charge is -2.19. The van der Waals surface area contributed by atoms with Crippen LogP contribution in [0.1, 0.15) is 51.1 Å². The Morgan fingerprint density at radius 3 is 2.45 bits per heavy atom. The SMILES string of the molecule is CCOC(=O)C1=CC(c2ccc(NC(=O)CNC(=O)CCCCCNC(C)=O)cc2)NC=C1. The van der Waals surface area contributed by atoms with Crippen LogP contribution in [0.25, 0.3) is 0 Å². The molecular weight excluding hydrogens is 424 g/mol. The second kappa shape index (κ2) is 13.7. The lowest BCUT2D eigenvalue weighted by Crippen LogP contribution is -2.32. The van der Waals surface area contributed by atoms with Crippen LogP contribution in [0.5, 0.6) is 0 Å². The highest BCUT2D eigenvalue weighted by atomic mass is 16.5. The van der Waals surface area contributed by atoms with Crippen molar-refractivity contribution in [3.63, 3.8) is 0 Å². The maximum absolute atomic E-state index is 12.1. The third-order valence-electron chi connectivity index (χ3n) is 4.85. The van der Waals surface area contributed by atoms with E-state index in [0.717, 1.165) is 18.4 Å². The van der Waals surface area contributed by atoms with E-state index < -0.39 is 0 Å². The van der Waals surface area contributed by atoms with Gasteiger partial charge in [0.05, 0.1) is 24.8 Å². The van der Waals surface area contributed by atoms with Crippen LogP contribution in [-0.4, -0.2) is 43.4 Å². The molecule has 9 heteroatoms. The van der Waals surface area contributed by atoms with Gasteiger partial charge in [0, 0.05) is 25.6 Å². The maximum atomic E-state index is 12.1. The van der Waals surface area contributed by atoms with Crippen LogP contribution < -0.4 is 21.3 Å². The number of amides is 3. The van der Waals surface area contributed by atoms with E-state index >= 15 is 0 Å². The molecule has 0 fully saturated rings. The molecule has 1 aliphatic rings. The minimum atomic E-state index is -0.365. The summed E-state index contributed by atoms with van der Waals surface area (Å²) in [5.74, 6) is -0.919. The lowest BCUT2D eigenvalue weighted by molar-refractivity contribution is -0.138. The third kappa shape index (κ3) is 9.59. The van der Waals surface area contributed by atoms with Gasteiger partial charge >= 0.3 is 5.97 Å². The molecule has 1 aliphatic heterocycles. The first-order valence-electron chi connectivity index (χ1n) is 11.1. The first-order chi connectivity index (χ1) is 15.9. The summed E-state index contributed by atoms with van der Waals surface area (Å²) >= 11 is 0. The topological polar surface area (TPSA) is 126 Å². The first kappa shape index (κ1) is 25.6. The highest BCUT2D eigenvalue weighted by Crippen LogP contribution is 2.22. The molecule has 0 saturated carbocycles. The Morgan fingerprint density at radius 2 is 1.76 bits per heavy atom. The Balaban J connectivity index is 1.72. The summed E-state index contributed by atoms with van der Waals surface area (Å²) in [5, 5.41) is 11.2. The molecule has 33 heavy (non-hydrogen) atoms. The molecule has 0 bridgehead atoms. The van der Waals surface area contributed by atoms with Crippen LogP contribution >= 0.6 is 0 Å². The molecule has 1 unspecified atom stereocenters. The van der Waals surface area contributed by atoms with Crippen molar-refractivity contribution in [2.45, 2.75) is 45.6 Å². The number of nitrogens with one attached hydrogen (secondary N) is 4. The van der Waals surface area contributed by atoms with E-state index in [1.165, 1.54) is 6.92 Å². The Kier molecular flexibility index (Phi) is 10.7. The van der Waals surface area contributed by atoms with Gasteiger partial charge in [-0.25, -0.2) is 4.79 Å². The number of anilines is 1. The zero-order valence-electron chi connectivity index (χ0n) is 19.1. The van der Waals surface area contributed by atoms with Gasteiger partial charge in [-0.1, -0.05) is 18.6 Å². The molecule has 2 rings (SSSR count). The van der Waals surface area contributed by atoms with E-state index in [1.807, 2.05) is 12.1 Å². The number of esters is 1. The number of hydrogen-bond acceptors (Lipinski definition) is 6. The molecule has 9 nitrogen and oxygen atoms in total. The summed E-state index contributed by atoms with van der Waals surface area (Å²) in [6, 6.07) is 7.05. The Morgan fingerprint density at radius 1 is 1.00 bits per heavy atom. The van der Waals surface area contributed by atoms with Crippen molar-refractivity contribution in [2.75, 3.05) is 25.0 Å². The van der Waals surface area contributed by atoms with Crippen LogP contribution in [0.4, 0.5) is 5.69 Å². The summed E-state index contributed by atoms with van der Waals surface area (Å²) < 4.78 is 5.04. The molecule has 0 aromatic heterocycles. The van der Waals surface area contributed by atoms with Gasteiger partial charge in [-0.2, -0.15) is 0 Å². The number of hydrogen-bond donors (Lipinski definition) is 4. The number of rotatable bonds is 12. The first-order valence-corrected chi connectivity index (χ1v) is 11.1. The minimum absolute atomic E-state index is 0.0591. The van der Waals surface area contributed by atoms with E-state index in [2.05, 4.69) is 21.3 Å². The number of benzene rings is 1. The minimum Gasteiger partial charge on any atom is -0.462 e. The van der Waals surface area contributed by atoms with Crippen LogP contribution in [0, 0.1) is 0 Å². The predicted molar refractivity (Wildman–Crippen MR) is 125 cm³/mol. The molecular formula is C24H32N4O5. The Hall–Kier alpha value is -3.62. The fourth-order valence-corrected chi connectivity index (χ4v) is 3.17. The van der Waals surface area contributed by atoms with Crippen LogP contribution in [0.3, 0.4) is 0 Å². The van der Waals surface area contributed by atoms with E-state index in [0.29, 0.717) is 37.3 Å². The monoisotopic (exact) mass is 456 g/mol. The second-order valence-corrected chi connectivity index (χ2v) is 7.56. The number of ether oxygens (including phenoxy) is 1. The highest BCUT2D eigenvalue weighted by Gasteiger charge is 2.16. The van der Waals surface area contributed by atoms with Crippen molar-refractivity contribution >= 4 is 29.4 Å². The van der Waals surface area contributed by atoms with Gasteiger partial charge in [-0.05, 0) is 55.8 Å². The summed E-state index contributed by atoms with van der Waals surface area (Å²) in [7, 11) is 0. The molecule has 0 spiro atoms. The molecule has 1 aromatic rings. The number of dihydropyridines is 1. The molecule has 0 aliphatic carbocycles. The number of unbranched alkanes of at least 4 members (excludes halogenated alkanes) is 2. The summed E-state index contributed by atoms with van der Waals surface area (Å²) in [6.45, 7) is 4.05. The lowest BCUT2D eigenvalue weighted by atomic mass is 10.0. The quantitative estimate of drug-likeness (QED) is 0.282. The van der Waals surface area contributed by atoms with Gasteiger partial charge in [-0.3, -0.25) is 14.4 Å². The molecule has 0 radical (unpaired) electrons. The van der Waals surface area contributed by atoms with E-state index in [1.54, 1.807) is 37.4 Å². The van der Waals surface area contributed by atoms with E-state index in [-0.39, 0.29) is 36.3 Å². The van der Waals surface area contributed by atoms with Gasteiger partial charge in [-0.15, -0.1) is 0 Å². The number of carbonyl (C=O) groups is 4. The molecule has 178 valence electrons. The zero-order valence-corrected chi connectivity index (χ0v) is 19.1. The van der Waals surface area contributed by atoms with Crippen LogP contribution in [0.2, 0.25) is 0 Å². The molecule has 1 heterocycles. The largest absolute Gasteiger partial charge is 0.462 e. The van der Waals surface area contributed by atoms with Gasteiger partial charge < -0.3 is 26.0 Å². The number of carbonyl (C=O) groups excluding carboxylic acids is 4. The third-order valence-corrected chi connectivity index (χ3v) is 4.85. The van der Waals surface area contributed by atoms with Crippen molar-refractivity contribution in [1.82, 2.24) is 16.0 Å². The van der Waals surface area contributed by atoms with Gasteiger partial charge in [0.15, 0.2) is 0 Å². The van der Waals surface area contributed by atoms with Gasteiger partial charge in [0.2, 0.25) is 17.7 Å². The molecule has 0 saturated heterocycles. The normalized spacial score (nSPS) is 14.5. The maximum Gasteiger partial charge on any atom is 0.337 e. The standard InChI is InChI=1S/C24H32N4O5/c1-3-33-24(32)19-12-14-26-21(15-19)18-8-10-20(11-9-18)28-23(31)16-27-22(30)7-5-4-6-13-25-17(2)29/h8-12,14-15,21,26H,3-7,13,16H2,1-2H3,(H,25,29)(H,27,30)(H,28,31). The Labute approximate surface area is 194 Å². The second-order valence-electron chi connectivity index (χ2n) is 7.56. The predicted octanol–water partition coefficient (Wildman–Crippen LogP) is 2.09. The highest BCUT2D eigenvalue weighted by molar-refractivity contribution is 5.94. The van der Waals surface area contributed by atoms with Crippen molar-refractivity contribution in [3.05, 3.63) is 53.8 Å². The molecule has 3 amide bonds. The van der Waals surface area contributed by atoms with E-state index in [9.17, 15) is 19.2 Å². The fraction of sp³-hybridized carbons (Fsp3) is 0.417. The van der Waals surface area contributed by atoms with Crippen LogP contribution in [-0.2, 0) is 23.9 Å². The molecule has 1 aromatic carbocycles. The van der Waals surface area contributed by atoms with Gasteiger partial charge in [0.1, 0.15) is 0 Å². The summed E-state index contributed by atoms with van der Waals surface area (Å²) in [5.41, 5.74) is 2.02. The molecule has 1 atom stereocenters. The van der Waals surface area contributed by atoms with E-state index in [4.69, 9.17) is 4.74 Å². The molecule has 4 N–H and O–H groups in total. The van der Waals surface area contributed by atoms with Crippen molar-refractivity contribution in [2.24, 2.45) is 0 Å².